The zero-order chi connectivity index (χ0) is 20.7. The molecule has 2 N–H and O–H groups in total. The summed E-state index contributed by atoms with van der Waals surface area (Å²) in [7, 11) is 0. The Morgan fingerprint density at radius 3 is 2.68 bits per heavy atom. The molecule has 152 valence electrons. The second-order valence-corrected chi connectivity index (χ2v) is 7.92. The Balaban J connectivity index is 2.28. The summed E-state index contributed by atoms with van der Waals surface area (Å²) in [6.07, 6.45) is 2.52. The normalized spacial score (nSPS) is 11.6. The van der Waals surface area contributed by atoms with Gasteiger partial charge in [-0.05, 0) is 47.0 Å². The molecule has 1 aromatic carbocycles. The van der Waals surface area contributed by atoms with Gasteiger partial charge in [0.2, 0.25) is 0 Å². The van der Waals surface area contributed by atoms with E-state index < -0.39 is 5.69 Å². The minimum atomic E-state index is -0.537. The summed E-state index contributed by atoms with van der Waals surface area (Å²) in [5, 5.41) is 10.7. The van der Waals surface area contributed by atoms with Crippen molar-refractivity contribution < 1.29 is 9.47 Å². The first-order valence-corrected chi connectivity index (χ1v) is 9.91. The first-order chi connectivity index (χ1) is 13.3. The van der Waals surface area contributed by atoms with Crippen molar-refractivity contribution in [2.24, 2.45) is 5.10 Å². The fraction of sp³-hybridized carbons (Fsp3) is 0.474. The molecule has 0 bridgehead atoms. The van der Waals surface area contributed by atoms with Gasteiger partial charge in [0.05, 0.1) is 23.9 Å². The number of nitrogens with zero attached hydrogens (tertiary/aromatic N) is 3. The maximum Gasteiger partial charge on any atom is 0.363 e. The molecule has 0 amide bonds. The van der Waals surface area contributed by atoms with Crippen molar-refractivity contribution >= 4 is 28.0 Å². The zero-order valence-electron chi connectivity index (χ0n) is 16.8. The number of anilines is 1. The fourth-order valence-electron chi connectivity index (χ4n) is 2.37. The van der Waals surface area contributed by atoms with Gasteiger partial charge < -0.3 is 9.47 Å². The van der Waals surface area contributed by atoms with Gasteiger partial charge in [-0.3, -0.25) is 5.43 Å². The van der Waals surface area contributed by atoms with Gasteiger partial charge in [-0.15, -0.1) is 0 Å². The molecular formula is C19H26BrN5O3. The van der Waals surface area contributed by atoms with Crippen molar-refractivity contribution in [2.45, 2.75) is 46.5 Å². The average molecular weight is 452 g/mol. The third kappa shape index (κ3) is 5.79. The smallest absolute Gasteiger partial charge is 0.363 e. The second kappa shape index (κ2) is 9.68. The first kappa shape index (κ1) is 21.9. The number of hydrazone groups is 1. The van der Waals surface area contributed by atoms with Crippen molar-refractivity contribution in [2.75, 3.05) is 18.6 Å². The molecule has 8 nitrogen and oxygen atoms in total. The third-order valence-electron chi connectivity index (χ3n) is 3.58. The predicted molar refractivity (Wildman–Crippen MR) is 114 cm³/mol. The van der Waals surface area contributed by atoms with Crippen molar-refractivity contribution in [3.63, 3.8) is 0 Å². The Labute approximate surface area is 172 Å². The van der Waals surface area contributed by atoms with Crippen LogP contribution in [0.1, 0.15) is 52.3 Å². The highest BCUT2D eigenvalue weighted by atomic mass is 79.9. The third-order valence-corrected chi connectivity index (χ3v) is 4.17. The Kier molecular flexibility index (Phi) is 7.56. The van der Waals surface area contributed by atoms with Crippen LogP contribution in [0.25, 0.3) is 0 Å². The van der Waals surface area contributed by atoms with Crippen molar-refractivity contribution in [1.82, 2.24) is 15.2 Å². The average Bonchev–Trinajstić information content (AvgIpc) is 2.60. The monoisotopic (exact) mass is 451 g/mol. The molecule has 28 heavy (non-hydrogen) atoms. The first-order valence-electron chi connectivity index (χ1n) is 9.11. The van der Waals surface area contributed by atoms with E-state index in [2.05, 4.69) is 41.6 Å². The predicted octanol–water partition coefficient (Wildman–Crippen LogP) is 3.86. The minimum Gasteiger partial charge on any atom is -0.490 e. The number of rotatable bonds is 8. The quantitative estimate of drug-likeness (QED) is 0.466. The van der Waals surface area contributed by atoms with Gasteiger partial charge in [0.25, 0.3) is 0 Å². The van der Waals surface area contributed by atoms with Crippen LogP contribution in [0.5, 0.6) is 11.5 Å². The maximum absolute atomic E-state index is 11.5. The van der Waals surface area contributed by atoms with Gasteiger partial charge in [0, 0.05) is 5.41 Å². The van der Waals surface area contributed by atoms with Crippen LogP contribution in [0.4, 0.5) is 5.82 Å². The van der Waals surface area contributed by atoms with Gasteiger partial charge in [-0.2, -0.15) is 15.2 Å². The number of nitrogens with one attached hydrogen (secondary N) is 2. The summed E-state index contributed by atoms with van der Waals surface area (Å²) in [6.45, 7) is 11.0. The lowest BCUT2D eigenvalue weighted by molar-refractivity contribution is 0.275. The lowest BCUT2D eigenvalue weighted by Gasteiger charge is -2.18. The second-order valence-electron chi connectivity index (χ2n) is 7.07. The number of halogens is 1. The molecular weight excluding hydrogens is 426 g/mol. The van der Waals surface area contributed by atoms with E-state index in [0.717, 1.165) is 16.5 Å². The van der Waals surface area contributed by atoms with E-state index in [-0.39, 0.29) is 5.41 Å². The highest BCUT2D eigenvalue weighted by molar-refractivity contribution is 9.10. The van der Waals surface area contributed by atoms with Crippen molar-refractivity contribution in [3.05, 3.63) is 38.3 Å². The molecule has 0 saturated heterocycles. The number of benzene rings is 1. The highest BCUT2D eigenvalue weighted by Crippen LogP contribution is 2.36. The van der Waals surface area contributed by atoms with E-state index in [1.54, 1.807) is 6.21 Å². The largest absolute Gasteiger partial charge is 0.490 e. The van der Waals surface area contributed by atoms with Crippen LogP contribution < -0.4 is 20.6 Å². The Morgan fingerprint density at radius 2 is 2.04 bits per heavy atom. The molecule has 0 spiro atoms. The van der Waals surface area contributed by atoms with E-state index in [1.807, 2.05) is 46.8 Å². The summed E-state index contributed by atoms with van der Waals surface area (Å²) in [5.74, 6) is 1.63. The van der Waals surface area contributed by atoms with Crippen LogP contribution in [0, 0.1) is 0 Å². The van der Waals surface area contributed by atoms with E-state index in [9.17, 15) is 4.79 Å². The van der Waals surface area contributed by atoms with Gasteiger partial charge in [0.1, 0.15) is 5.69 Å². The molecule has 0 atom stereocenters. The molecule has 0 fully saturated rings. The molecule has 0 unspecified atom stereocenters. The van der Waals surface area contributed by atoms with Gasteiger partial charge in [0.15, 0.2) is 17.3 Å². The van der Waals surface area contributed by atoms with E-state index in [4.69, 9.17) is 9.47 Å². The minimum absolute atomic E-state index is 0.307. The summed E-state index contributed by atoms with van der Waals surface area (Å²) in [6, 6.07) is 3.73. The molecule has 1 heterocycles. The van der Waals surface area contributed by atoms with Crippen LogP contribution in [0.2, 0.25) is 0 Å². The van der Waals surface area contributed by atoms with Crippen LogP contribution in [-0.2, 0) is 5.41 Å². The highest BCUT2D eigenvalue weighted by Gasteiger charge is 2.21. The van der Waals surface area contributed by atoms with E-state index in [1.165, 1.54) is 0 Å². The van der Waals surface area contributed by atoms with Gasteiger partial charge in [-0.25, -0.2) is 9.89 Å². The number of H-pyrrole nitrogens is 1. The number of ether oxygens (including phenoxy) is 2. The van der Waals surface area contributed by atoms with E-state index in [0.29, 0.717) is 36.2 Å². The molecule has 0 aliphatic rings. The standard InChI is InChI=1S/C19H26BrN5O3/c1-6-8-28-15-13(20)9-12(10-14(15)27-7-2)11-21-24-17-16(19(3,4)5)23-25-18(26)22-17/h9-11H,6-8H2,1-5H3,(H2,22,24,25,26)/b21-11+. The zero-order valence-corrected chi connectivity index (χ0v) is 18.4. The Hall–Kier alpha value is -2.42. The lowest BCUT2D eigenvalue weighted by atomic mass is 9.92. The van der Waals surface area contributed by atoms with Crippen LogP contribution >= 0.6 is 15.9 Å². The van der Waals surface area contributed by atoms with Gasteiger partial charge >= 0.3 is 5.69 Å². The van der Waals surface area contributed by atoms with Crippen molar-refractivity contribution in [1.29, 1.82) is 0 Å². The molecule has 9 heteroatoms. The Morgan fingerprint density at radius 1 is 1.29 bits per heavy atom. The summed E-state index contributed by atoms with van der Waals surface area (Å²) < 4.78 is 12.2. The molecule has 2 aromatic rings. The van der Waals surface area contributed by atoms with Crippen LogP contribution in [-0.4, -0.2) is 34.6 Å². The lowest BCUT2D eigenvalue weighted by Crippen LogP contribution is -2.24. The fourth-order valence-corrected chi connectivity index (χ4v) is 2.95. The van der Waals surface area contributed by atoms with Gasteiger partial charge in [-0.1, -0.05) is 27.7 Å². The summed E-state index contributed by atoms with van der Waals surface area (Å²) in [4.78, 5) is 15.5. The molecule has 1 aromatic heterocycles. The SMILES string of the molecule is CCCOc1c(Br)cc(/C=N/Nc2nc(=O)[nH]nc2C(C)(C)C)cc1OCC. The Bertz CT molecular complexity index is 890. The molecule has 0 radical (unpaired) electrons. The van der Waals surface area contributed by atoms with Crippen molar-refractivity contribution in [3.8, 4) is 11.5 Å². The number of hydrogen-bond acceptors (Lipinski definition) is 7. The molecule has 2 rings (SSSR count). The molecule has 0 aliphatic heterocycles. The number of aromatic amines is 1. The topological polar surface area (TPSA) is 101 Å². The molecule has 0 saturated carbocycles. The number of aromatic nitrogens is 3. The van der Waals surface area contributed by atoms with E-state index >= 15 is 0 Å². The van der Waals surface area contributed by atoms with Crippen LogP contribution in [0.15, 0.2) is 26.5 Å². The summed E-state index contributed by atoms with van der Waals surface area (Å²) in [5.41, 5.74) is 3.38. The van der Waals surface area contributed by atoms with Crippen LogP contribution in [0.3, 0.4) is 0 Å². The molecule has 0 aliphatic carbocycles. The maximum atomic E-state index is 11.5. The number of hydrogen-bond donors (Lipinski definition) is 2. The summed E-state index contributed by atoms with van der Waals surface area (Å²) >= 11 is 3.53.